The van der Waals surface area contributed by atoms with E-state index in [0.29, 0.717) is 0 Å². The van der Waals surface area contributed by atoms with Crippen molar-refractivity contribution in [1.29, 1.82) is 10.8 Å². The second-order valence-corrected chi connectivity index (χ2v) is 1.92. The fraction of sp³-hybridized carbons (Fsp3) is 0.200. The first-order valence-corrected chi connectivity index (χ1v) is 3.98. The lowest BCUT2D eigenvalue weighted by Gasteiger charge is -1.94. The Morgan fingerprint density at radius 3 is 1.50 bits per heavy atom. The van der Waals surface area contributed by atoms with E-state index in [2.05, 4.69) is 0 Å². The normalized spacial score (nSPS) is 7.83. The van der Waals surface area contributed by atoms with Crippen molar-refractivity contribution in [2.75, 3.05) is 0 Å². The summed E-state index contributed by atoms with van der Waals surface area (Å²) in [7, 11) is 0. The van der Waals surface area contributed by atoms with Crippen molar-refractivity contribution in [3.05, 3.63) is 35.4 Å². The van der Waals surface area contributed by atoms with Gasteiger partial charge < -0.3 is 10.8 Å². The zero-order valence-corrected chi connectivity index (χ0v) is 7.46. The van der Waals surface area contributed by atoms with Crippen LogP contribution in [0, 0.1) is 10.8 Å². The van der Waals surface area contributed by atoms with E-state index < -0.39 is 0 Å². The van der Waals surface area contributed by atoms with Crippen molar-refractivity contribution in [2.45, 2.75) is 13.8 Å². The van der Waals surface area contributed by atoms with E-state index in [1.807, 2.05) is 38.1 Å². The molecule has 0 fully saturated rings. The van der Waals surface area contributed by atoms with Crippen LogP contribution in [0.2, 0.25) is 0 Å². The van der Waals surface area contributed by atoms with Gasteiger partial charge in [-0.2, -0.15) is 0 Å². The Balaban J connectivity index is 0.000000561. The molecular formula is C10H14N2. The first-order chi connectivity index (χ1) is 5.88. The molecule has 0 saturated heterocycles. The molecule has 0 heterocycles. The van der Waals surface area contributed by atoms with Crippen LogP contribution in [0.5, 0.6) is 0 Å². The van der Waals surface area contributed by atoms with E-state index in [1.54, 1.807) is 0 Å². The van der Waals surface area contributed by atoms with Crippen molar-refractivity contribution >= 4 is 12.4 Å². The molecule has 0 aromatic heterocycles. The highest BCUT2D eigenvalue weighted by molar-refractivity contribution is 5.91. The maximum absolute atomic E-state index is 6.96. The van der Waals surface area contributed by atoms with E-state index in [-0.39, 0.29) is 0 Å². The Hall–Kier alpha value is -1.44. The van der Waals surface area contributed by atoms with Gasteiger partial charge in [-0.3, -0.25) is 0 Å². The van der Waals surface area contributed by atoms with Crippen molar-refractivity contribution < 1.29 is 0 Å². The predicted molar refractivity (Wildman–Crippen MR) is 53.6 cm³/mol. The summed E-state index contributed by atoms with van der Waals surface area (Å²) >= 11 is 0. The monoisotopic (exact) mass is 162 g/mol. The van der Waals surface area contributed by atoms with Gasteiger partial charge in [0.15, 0.2) is 0 Å². The van der Waals surface area contributed by atoms with Crippen LogP contribution in [0.25, 0.3) is 0 Å². The Morgan fingerprint density at radius 1 is 0.917 bits per heavy atom. The second-order valence-electron chi connectivity index (χ2n) is 1.92. The van der Waals surface area contributed by atoms with E-state index >= 15 is 0 Å². The molecule has 1 rings (SSSR count). The topological polar surface area (TPSA) is 47.7 Å². The van der Waals surface area contributed by atoms with Crippen LogP contribution in [0.1, 0.15) is 25.0 Å². The van der Waals surface area contributed by atoms with Gasteiger partial charge in [0.2, 0.25) is 0 Å². The van der Waals surface area contributed by atoms with Crippen molar-refractivity contribution in [3.8, 4) is 0 Å². The lowest BCUT2D eigenvalue weighted by atomic mass is 10.1. The minimum absolute atomic E-state index is 0.789. The maximum Gasteiger partial charge on any atom is 0.0256 e. The van der Waals surface area contributed by atoms with Gasteiger partial charge in [-0.1, -0.05) is 38.1 Å². The molecule has 0 aliphatic rings. The van der Waals surface area contributed by atoms with Gasteiger partial charge in [0.25, 0.3) is 0 Å². The molecule has 12 heavy (non-hydrogen) atoms. The Morgan fingerprint density at radius 2 is 1.25 bits per heavy atom. The standard InChI is InChI=1S/C8H8N2.C2H6/c9-5-7-3-1-2-4-8(7)6-10;1-2/h1-6,9-10H;1-2H3. The minimum atomic E-state index is 0.789. The fourth-order valence-corrected chi connectivity index (χ4v) is 0.774. The van der Waals surface area contributed by atoms with Gasteiger partial charge in [0, 0.05) is 23.6 Å². The highest BCUT2D eigenvalue weighted by Gasteiger charge is 1.91. The van der Waals surface area contributed by atoms with Crippen LogP contribution in [0.3, 0.4) is 0 Å². The van der Waals surface area contributed by atoms with Crippen LogP contribution in [0.4, 0.5) is 0 Å². The Bertz CT molecular complexity index is 227. The summed E-state index contributed by atoms with van der Waals surface area (Å²) in [4.78, 5) is 0. The fourth-order valence-electron chi connectivity index (χ4n) is 0.774. The molecular weight excluding hydrogens is 148 g/mol. The van der Waals surface area contributed by atoms with E-state index in [1.165, 1.54) is 12.4 Å². The summed E-state index contributed by atoms with van der Waals surface area (Å²) in [5.74, 6) is 0. The summed E-state index contributed by atoms with van der Waals surface area (Å²) in [5, 5.41) is 13.9. The highest BCUT2D eigenvalue weighted by atomic mass is 14.3. The van der Waals surface area contributed by atoms with Crippen LogP contribution >= 0.6 is 0 Å². The molecule has 2 heteroatoms. The van der Waals surface area contributed by atoms with Crippen LogP contribution in [0.15, 0.2) is 24.3 Å². The van der Waals surface area contributed by atoms with Crippen molar-refractivity contribution in [3.63, 3.8) is 0 Å². The highest BCUT2D eigenvalue weighted by Crippen LogP contribution is 2.01. The molecule has 0 aliphatic heterocycles. The molecule has 1 aromatic rings. The van der Waals surface area contributed by atoms with Crippen molar-refractivity contribution in [1.82, 2.24) is 0 Å². The molecule has 0 saturated carbocycles. The third-order valence-corrected chi connectivity index (χ3v) is 1.31. The zero-order valence-electron chi connectivity index (χ0n) is 7.46. The van der Waals surface area contributed by atoms with Crippen molar-refractivity contribution in [2.24, 2.45) is 0 Å². The molecule has 0 aliphatic carbocycles. The van der Waals surface area contributed by atoms with Gasteiger partial charge in [0.05, 0.1) is 0 Å². The molecule has 0 spiro atoms. The molecule has 0 radical (unpaired) electrons. The van der Waals surface area contributed by atoms with Crippen LogP contribution < -0.4 is 0 Å². The van der Waals surface area contributed by atoms with E-state index in [9.17, 15) is 0 Å². The number of nitrogens with one attached hydrogen (secondary N) is 2. The van der Waals surface area contributed by atoms with Gasteiger partial charge in [0.1, 0.15) is 0 Å². The molecule has 1 aromatic carbocycles. The summed E-state index contributed by atoms with van der Waals surface area (Å²) in [5.41, 5.74) is 1.58. The van der Waals surface area contributed by atoms with Crippen LogP contribution in [-0.2, 0) is 0 Å². The molecule has 0 unspecified atom stereocenters. The third-order valence-electron chi connectivity index (χ3n) is 1.31. The largest absolute Gasteiger partial charge is 0.308 e. The maximum atomic E-state index is 6.96. The molecule has 0 amide bonds. The molecule has 0 bridgehead atoms. The lowest BCUT2D eigenvalue weighted by molar-refractivity contribution is 1.50. The van der Waals surface area contributed by atoms with Gasteiger partial charge in [-0.05, 0) is 0 Å². The third kappa shape index (κ3) is 2.66. The quantitative estimate of drug-likeness (QED) is 0.628. The Labute approximate surface area is 73.3 Å². The Kier molecular flexibility index (Phi) is 5.53. The molecule has 2 N–H and O–H groups in total. The van der Waals surface area contributed by atoms with Crippen LogP contribution in [-0.4, -0.2) is 12.4 Å². The smallest absolute Gasteiger partial charge is 0.0256 e. The lowest BCUT2D eigenvalue weighted by Crippen LogP contribution is -1.87. The number of hydrogen-bond donors (Lipinski definition) is 2. The first-order valence-electron chi connectivity index (χ1n) is 3.98. The molecule has 2 nitrogen and oxygen atoms in total. The second kappa shape index (κ2) is 6.28. The summed E-state index contributed by atoms with van der Waals surface area (Å²) < 4.78 is 0. The number of hydrogen-bond acceptors (Lipinski definition) is 2. The summed E-state index contributed by atoms with van der Waals surface area (Å²) in [6.45, 7) is 4.00. The average molecular weight is 162 g/mol. The number of rotatable bonds is 2. The average Bonchev–Trinajstić information content (AvgIpc) is 2.20. The van der Waals surface area contributed by atoms with E-state index in [4.69, 9.17) is 10.8 Å². The zero-order chi connectivity index (χ0) is 9.40. The SMILES string of the molecule is CC.N=Cc1ccccc1C=N. The molecule has 64 valence electrons. The summed E-state index contributed by atoms with van der Waals surface area (Å²) in [6, 6.07) is 7.33. The first kappa shape index (κ1) is 10.6. The number of benzene rings is 1. The minimum Gasteiger partial charge on any atom is -0.308 e. The van der Waals surface area contributed by atoms with Gasteiger partial charge >= 0.3 is 0 Å². The van der Waals surface area contributed by atoms with Gasteiger partial charge in [-0.15, -0.1) is 0 Å². The van der Waals surface area contributed by atoms with E-state index in [0.717, 1.165) is 11.1 Å². The predicted octanol–water partition coefficient (Wildman–Crippen LogP) is 2.71. The van der Waals surface area contributed by atoms with Gasteiger partial charge in [-0.25, -0.2) is 0 Å². The molecule has 0 atom stereocenters. The summed E-state index contributed by atoms with van der Waals surface area (Å²) in [6.07, 6.45) is 2.50.